The number of carboxylic acid groups (broad SMARTS) is 1. The Hall–Kier alpha value is -0.810. The molecule has 0 saturated heterocycles. The van der Waals surface area contributed by atoms with Crippen molar-refractivity contribution >= 4 is 54.6 Å². The van der Waals surface area contributed by atoms with E-state index in [1.807, 2.05) is 5.38 Å². The number of aromatic nitrogens is 1. The zero-order chi connectivity index (χ0) is 14.0. The average molecular weight is 383 g/mol. The third kappa shape index (κ3) is 3.39. The smallest absolute Gasteiger partial charge is 0.356 e. The molecule has 0 bridgehead atoms. The largest absolute Gasteiger partial charge is 0.476 e. The van der Waals surface area contributed by atoms with Gasteiger partial charge in [-0.3, -0.25) is 0 Å². The number of carboxylic acids is 1. The van der Waals surface area contributed by atoms with Gasteiger partial charge >= 0.3 is 5.97 Å². The molecule has 19 heavy (non-hydrogen) atoms. The van der Waals surface area contributed by atoms with E-state index >= 15 is 0 Å². The molecule has 0 aliphatic heterocycles. The van der Waals surface area contributed by atoms with E-state index in [1.54, 1.807) is 6.07 Å². The highest BCUT2D eigenvalue weighted by atomic mass is 79.9. The molecule has 0 atom stereocenters. The molecule has 6 nitrogen and oxygen atoms in total. The lowest BCUT2D eigenvalue weighted by Gasteiger charge is -2.03. The molecule has 0 unspecified atom stereocenters. The van der Waals surface area contributed by atoms with Crippen LogP contribution in [0.25, 0.3) is 0 Å². The van der Waals surface area contributed by atoms with Crippen LogP contribution in [-0.2, 0) is 16.6 Å². The molecule has 0 saturated carbocycles. The quantitative estimate of drug-likeness (QED) is 0.825. The van der Waals surface area contributed by atoms with Crippen LogP contribution in [0.4, 0.5) is 0 Å². The van der Waals surface area contributed by atoms with Gasteiger partial charge in [-0.15, -0.1) is 22.7 Å². The molecule has 2 rings (SSSR count). The molecular formula is C9H7BrN2O4S3. The first-order valence-electron chi connectivity index (χ1n) is 4.79. The summed E-state index contributed by atoms with van der Waals surface area (Å²) in [5, 5.41) is 10.7. The van der Waals surface area contributed by atoms with Gasteiger partial charge in [0.15, 0.2) is 9.90 Å². The first-order chi connectivity index (χ1) is 8.90. The highest BCUT2D eigenvalue weighted by Gasteiger charge is 2.25. The van der Waals surface area contributed by atoms with E-state index in [1.165, 1.54) is 16.8 Å². The molecular weight excluding hydrogens is 376 g/mol. The fraction of sp³-hybridized carbons (Fsp3) is 0.111. The molecule has 0 aliphatic carbocycles. The van der Waals surface area contributed by atoms with E-state index in [4.69, 9.17) is 5.11 Å². The van der Waals surface area contributed by atoms with Crippen LogP contribution in [-0.4, -0.2) is 24.5 Å². The van der Waals surface area contributed by atoms with Crippen molar-refractivity contribution in [2.45, 2.75) is 10.8 Å². The Kier molecular flexibility index (Phi) is 4.36. The van der Waals surface area contributed by atoms with Crippen LogP contribution in [0.15, 0.2) is 25.6 Å². The summed E-state index contributed by atoms with van der Waals surface area (Å²) in [6.07, 6.45) is 0. The standard InChI is InChI=1S/C9H7BrN2O4S3/c10-5-1-6(17-3-5)2-12-19(15,16)9-7(8(13)14)11-4-18-9/h1,3-4,12H,2H2,(H,13,14). The maximum Gasteiger partial charge on any atom is 0.356 e. The van der Waals surface area contributed by atoms with Gasteiger partial charge < -0.3 is 5.11 Å². The van der Waals surface area contributed by atoms with Crippen LogP contribution in [0.1, 0.15) is 15.4 Å². The van der Waals surface area contributed by atoms with Crippen molar-refractivity contribution in [2.24, 2.45) is 0 Å². The van der Waals surface area contributed by atoms with Gasteiger partial charge in [0.05, 0.1) is 5.51 Å². The number of thiazole rings is 1. The third-order valence-electron chi connectivity index (χ3n) is 2.04. The number of hydrogen-bond acceptors (Lipinski definition) is 6. The van der Waals surface area contributed by atoms with E-state index in [9.17, 15) is 13.2 Å². The predicted octanol–water partition coefficient (Wildman–Crippen LogP) is 2.14. The van der Waals surface area contributed by atoms with E-state index in [2.05, 4.69) is 25.6 Å². The van der Waals surface area contributed by atoms with Crippen molar-refractivity contribution in [3.63, 3.8) is 0 Å². The van der Waals surface area contributed by atoms with Gasteiger partial charge in [-0.2, -0.15) is 0 Å². The molecule has 2 heterocycles. The van der Waals surface area contributed by atoms with Crippen molar-refractivity contribution in [1.29, 1.82) is 0 Å². The Morgan fingerprint density at radius 2 is 2.21 bits per heavy atom. The number of nitrogens with zero attached hydrogens (tertiary/aromatic N) is 1. The Balaban J connectivity index is 2.18. The van der Waals surface area contributed by atoms with Gasteiger partial charge in [0.25, 0.3) is 10.0 Å². The molecule has 2 aromatic heterocycles. The number of carbonyl (C=O) groups is 1. The van der Waals surface area contributed by atoms with Crippen molar-refractivity contribution in [3.8, 4) is 0 Å². The van der Waals surface area contributed by atoms with Crippen molar-refractivity contribution < 1.29 is 18.3 Å². The Labute approximate surface area is 125 Å². The second kappa shape index (κ2) is 5.67. The molecule has 0 aromatic carbocycles. The van der Waals surface area contributed by atoms with Crippen molar-refractivity contribution in [3.05, 3.63) is 32.0 Å². The zero-order valence-corrected chi connectivity index (χ0v) is 13.2. The number of nitrogens with one attached hydrogen (secondary N) is 1. The predicted molar refractivity (Wildman–Crippen MR) is 75.1 cm³/mol. The lowest BCUT2D eigenvalue weighted by atomic mass is 10.5. The van der Waals surface area contributed by atoms with E-state index < -0.39 is 21.7 Å². The fourth-order valence-electron chi connectivity index (χ4n) is 1.25. The molecule has 0 aliphatic rings. The highest BCUT2D eigenvalue weighted by molar-refractivity contribution is 9.10. The van der Waals surface area contributed by atoms with Gasteiger partial charge in [0.1, 0.15) is 0 Å². The van der Waals surface area contributed by atoms with Gasteiger partial charge in [-0.05, 0) is 22.0 Å². The van der Waals surface area contributed by atoms with Crippen molar-refractivity contribution in [2.75, 3.05) is 0 Å². The minimum atomic E-state index is -3.87. The van der Waals surface area contributed by atoms with E-state index in [0.717, 1.165) is 20.7 Å². The summed E-state index contributed by atoms with van der Waals surface area (Å²) in [5.41, 5.74) is 0.740. The maximum atomic E-state index is 12.0. The van der Waals surface area contributed by atoms with Crippen LogP contribution in [0, 0.1) is 0 Å². The molecule has 0 amide bonds. The molecule has 0 radical (unpaired) electrons. The second-order valence-electron chi connectivity index (χ2n) is 3.35. The van der Waals surface area contributed by atoms with Crippen LogP contribution in [0.5, 0.6) is 0 Å². The first kappa shape index (κ1) is 14.6. The Morgan fingerprint density at radius 1 is 1.47 bits per heavy atom. The lowest BCUT2D eigenvalue weighted by molar-refractivity contribution is 0.0687. The average Bonchev–Trinajstić information content (AvgIpc) is 2.94. The van der Waals surface area contributed by atoms with Crippen LogP contribution in [0.2, 0.25) is 0 Å². The summed E-state index contributed by atoms with van der Waals surface area (Å²) < 4.78 is 26.9. The topological polar surface area (TPSA) is 96.4 Å². The summed E-state index contributed by atoms with van der Waals surface area (Å²) >= 11 is 5.44. The van der Waals surface area contributed by atoms with Gasteiger partial charge in [-0.25, -0.2) is 22.9 Å². The number of halogens is 1. The van der Waals surface area contributed by atoms with Crippen LogP contribution in [0.3, 0.4) is 0 Å². The Morgan fingerprint density at radius 3 is 2.79 bits per heavy atom. The summed E-state index contributed by atoms with van der Waals surface area (Å²) in [7, 11) is -3.87. The summed E-state index contributed by atoms with van der Waals surface area (Å²) in [5.74, 6) is -1.36. The second-order valence-corrected chi connectivity index (χ2v) is 8.08. The summed E-state index contributed by atoms with van der Waals surface area (Å²) in [6.45, 7) is 0.107. The van der Waals surface area contributed by atoms with Crippen LogP contribution < -0.4 is 4.72 Å². The van der Waals surface area contributed by atoms with Crippen molar-refractivity contribution in [1.82, 2.24) is 9.71 Å². The molecule has 0 fully saturated rings. The zero-order valence-electron chi connectivity index (χ0n) is 9.16. The first-order valence-corrected chi connectivity index (χ1v) is 8.83. The Bertz CT molecular complexity index is 707. The number of rotatable bonds is 5. The minimum absolute atomic E-state index is 0.107. The molecule has 102 valence electrons. The number of aromatic carboxylic acids is 1. The molecule has 2 aromatic rings. The third-order valence-corrected chi connectivity index (χ3v) is 6.51. The normalized spacial score (nSPS) is 11.6. The molecule has 0 spiro atoms. The van der Waals surface area contributed by atoms with Crippen LogP contribution >= 0.6 is 38.6 Å². The summed E-state index contributed by atoms with van der Waals surface area (Å²) in [6, 6.07) is 1.79. The summed E-state index contributed by atoms with van der Waals surface area (Å²) in [4.78, 5) is 15.2. The SMILES string of the molecule is O=C(O)c1ncsc1S(=O)(=O)NCc1cc(Br)cs1. The number of thiophene rings is 1. The fourth-order valence-corrected chi connectivity index (χ4v) is 4.92. The van der Waals surface area contributed by atoms with E-state index in [-0.39, 0.29) is 10.8 Å². The number of hydrogen-bond donors (Lipinski definition) is 2. The molecule has 10 heteroatoms. The van der Waals surface area contributed by atoms with E-state index in [0.29, 0.717) is 0 Å². The van der Waals surface area contributed by atoms with Gasteiger partial charge in [0.2, 0.25) is 0 Å². The lowest BCUT2D eigenvalue weighted by Crippen LogP contribution is -2.23. The van der Waals surface area contributed by atoms with Gasteiger partial charge in [-0.1, -0.05) is 0 Å². The monoisotopic (exact) mass is 382 g/mol. The minimum Gasteiger partial charge on any atom is -0.476 e. The maximum absolute atomic E-state index is 12.0. The molecule has 2 N–H and O–H groups in total. The highest BCUT2D eigenvalue weighted by Crippen LogP contribution is 2.22. The van der Waals surface area contributed by atoms with Gasteiger partial charge in [0, 0.05) is 21.3 Å². The number of sulfonamides is 1.